The van der Waals surface area contributed by atoms with Crippen LogP contribution in [-0.2, 0) is 66.9 Å². The molecule has 0 spiro atoms. The van der Waals surface area contributed by atoms with Crippen LogP contribution in [0.15, 0.2) is 0 Å². The average Bonchev–Trinajstić information content (AvgIpc) is 3.79. The largest absolute Gasteiger partial charge is 0.480 e. The Morgan fingerprint density at radius 1 is 0.554 bits per heavy atom. The third-order valence-electron chi connectivity index (χ3n) is 14.6. The van der Waals surface area contributed by atoms with Gasteiger partial charge in [0.25, 0.3) is 0 Å². The molecule has 3 fully saturated rings. The number of likely N-dealkylation sites (tertiary alicyclic amines) is 1. The molecule has 10 unspecified atom stereocenters. The van der Waals surface area contributed by atoms with Gasteiger partial charge in [-0.05, 0) is 64.2 Å². The zero-order valence-electron chi connectivity index (χ0n) is 49.3. The van der Waals surface area contributed by atoms with E-state index in [4.69, 9.17) is 24.7 Å². The number of carbonyl (C=O) groups excluding carboxylic acids is 9. The van der Waals surface area contributed by atoms with Gasteiger partial charge in [0.1, 0.15) is 103 Å². The number of nitrogens with one attached hydrogen (secondary N) is 8. The molecule has 3 heterocycles. The zero-order valence-corrected chi connectivity index (χ0v) is 49.3. The molecule has 0 aromatic carbocycles. The first-order valence-electron chi connectivity index (χ1n) is 27.8. The van der Waals surface area contributed by atoms with Gasteiger partial charge in [-0.25, -0.2) is 0 Å². The Hall–Kier alpha value is -5.74. The summed E-state index contributed by atoms with van der Waals surface area (Å²) in [7, 11) is 0. The fourth-order valence-electron chi connectivity index (χ4n) is 9.34. The van der Waals surface area contributed by atoms with E-state index in [9.17, 15) is 83.7 Å². The normalized spacial score (nSPS) is 27.9. The van der Waals surface area contributed by atoms with E-state index < -0.39 is 218 Å². The highest BCUT2D eigenvalue weighted by Gasteiger charge is 2.52. The van der Waals surface area contributed by atoms with E-state index in [-0.39, 0.29) is 13.0 Å². The van der Waals surface area contributed by atoms with Crippen LogP contribution in [0.25, 0.3) is 0 Å². The van der Waals surface area contributed by atoms with E-state index in [1.165, 1.54) is 32.6 Å². The first kappa shape index (κ1) is 71.5. The Kier molecular flexibility index (Phi) is 27.5. The predicted molar refractivity (Wildman–Crippen MR) is 289 cm³/mol. The van der Waals surface area contributed by atoms with Gasteiger partial charge in [-0.1, -0.05) is 55.4 Å². The van der Waals surface area contributed by atoms with E-state index in [1.54, 1.807) is 55.4 Å². The molecule has 0 saturated carbocycles. The number of rotatable bonds is 28. The molecule has 3 rings (SSSR count). The van der Waals surface area contributed by atoms with Gasteiger partial charge in [0.15, 0.2) is 12.6 Å². The summed E-state index contributed by atoms with van der Waals surface area (Å²) in [6, 6.07) is -12.8. The minimum absolute atomic E-state index is 0.0872. The molecule has 0 aromatic rings. The van der Waals surface area contributed by atoms with Gasteiger partial charge in [-0.2, -0.15) is 0 Å². The summed E-state index contributed by atoms with van der Waals surface area (Å²) in [5.41, 5.74) is 6.38. The van der Waals surface area contributed by atoms with Crippen LogP contribution in [0.4, 0.5) is 0 Å². The molecule has 0 aliphatic carbocycles. The Labute approximate surface area is 481 Å². The highest BCUT2D eigenvalue weighted by molar-refractivity contribution is 5.98. The maximum absolute atomic E-state index is 14.2. The van der Waals surface area contributed by atoms with Crippen LogP contribution in [0.2, 0.25) is 0 Å². The van der Waals surface area contributed by atoms with Crippen LogP contribution >= 0.6 is 0 Å². The number of carbonyl (C=O) groups is 10. The third kappa shape index (κ3) is 19.1. The van der Waals surface area contributed by atoms with Gasteiger partial charge in [0.05, 0.1) is 19.3 Å². The molecule has 20 atom stereocenters. The van der Waals surface area contributed by atoms with Crippen molar-refractivity contribution < 1.29 is 103 Å². The Morgan fingerprint density at radius 2 is 0.988 bits per heavy atom. The second-order valence-electron chi connectivity index (χ2n) is 22.7. The standard InChI is InChI=1S/C52H90N10O21/c1-19(2)32(46(74)56-25(11)50(78)79)59-48(76)34(21(5)6)60-47(75)33(20(3)4)58-43(71)24(10)54-42(70)23(9)55-44(72)28-15-14-16-62(28)49(77)35(22(7)8)61-45(73)31(53)26(12)80-51-36(57-27(13)65)41(38(67)30(18-64)81-51)83-52-40(69)39(68)37(66)29(17-63)82-52/h19-26,28-41,51-52,63-64,66-69H,14-18,53H2,1-13H3,(H,54,70)(H,55,72)(H,56,74)(H,57,65)(H,58,71)(H,59,76)(H,60,75)(H,61,73)(H,78,79)/t23?,24-,25-,26?,28?,29?,30?,31-,32?,33?,34-,35?,36?,37-,38-,39?,40-,41+,51-,52-/m0/s1. The lowest BCUT2D eigenvalue weighted by atomic mass is 9.95. The monoisotopic (exact) mass is 1190 g/mol. The zero-order chi connectivity index (χ0) is 63.2. The van der Waals surface area contributed by atoms with Crippen LogP contribution in [0, 0.1) is 23.7 Å². The summed E-state index contributed by atoms with van der Waals surface area (Å²) in [5, 5.41) is 91.9. The number of amides is 9. The van der Waals surface area contributed by atoms with E-state index in [1.807, 2.05) is 0 Å². The highest BCUT2D eigenvalue weighted by Crippen LogP contribution is 2.31. The van der Waals surface area contributed by atoms with Crippen molar-refractivity contribution in [3.63, 3.8) is 0 Å². The number of aliphatic hydroxyl groups is 6. The number of aliphatic carboxylic acids is 1. The molecule has 3 saturated heterocycles. The molecule has 17 N–H and O–H groups in total. The topological polar surface area (TPSA) is 475 Å². The molecule has 0 bridgehead atoms. The summed E-state index contributed by atoms with van der Waals surface area (Å²) < 4.78 is 23.1. The quantitative estimate of drug-likeness (QED) is 0.0346. The van der Waals surface area contributed by atoms with Gasteiger partial charge in [-0.3, -0.25) is 47.9 Å². The smallest absolute Gasteiger partial charge is 0.325 e. The maximum atomic E-state index is 14.2. The summed E-state index contributed by atoms with van der Waals surface area (Å²) >= 11 is 0. The fourth-order valence-corrected chi connectivity index (χ4v) is 9.34. The summed E-state index contributed by atoms with van der Waals surface area (Å²) in [5.74, 6) is -10.2. The second-order valence-corrected chi connectivity index (χ2v) is 22.7. The second kappa shape index (κ2) is 32.0. The molecule has 9 amide bonds. The van der Waals surface area contributed by atoms with Crippen molar-refractivity contribution in [1.29, 1.82) is 0 Å². The Balaban J connectivity index is 1.66. The number of ether oxygens (including phenoxy) is 4. The van der Waals surface area contributed by atoms with E-state index in [2.05, 4.69) is 42.5 Å². The fraction of sp³-hybridized carbons (Fsp3) is 0.808. The molecule has 3 aliphatic rings. The van der Waals surface area contributed by atoms with Crippen LogP contribution in [-0.4, -0.2) is 241 Å². The minimum Gasteiger partial charge on any atom is -0.480 e. The number of carboxylic acids is 1. The lowest BCUT2D eigenvalue weighted by molar-refractivity contribution is -0.347. The van der Waals surface area contributed by atoms with Gasteiger partial charge >= 0.3 is 5.97 Å². The van der Waals surface area contributed by atoms with Crippen molar-refractivity contribution in [2.24, 2.45) is 29.4 Å². The van der Waals surface area contributed by atoms with Crippen molar-refractivity contribution in [2.75, 3.05) is 19.8 Å². The van der Waals surface area contributed by atoms with E-state index in [0.717, 1.165) is 6.92 Å². The van der Waals surface area contributed by atoms with Crippen molar-refractivity contribution in [1.82, 2.24) is 47.4 Å². The molecule has 0 radical (unpaired) electrons. The van der Waals surface area contributed by atoms with Crippen LogP contribution in [0.3, 0.4) is 0 Å². The van der Waals surface area contributed by atoms with Gasteiger partial charge in [0.2, 0.25) is 53.2 Å². The molecule has 0 aromatic heterocycles. The van der Waals surface area contributed by atoms with E-state index in [0.29, 0.717) is 6.42 Å². The van der Waals surface area contributed by atoms with Crippen molar-refractivity contribution in [3.05, 3.63) is 0 Å². The van der Waals surface area contributed by atoms with Crippen molar-refractivity contribution >= 4 is 59.1 Å². The molecular formula is C52H90N10O21. The number of aliphatic hydroxyl groups excluding tert-OH is 6. The predicted octanol–water partition coefficient (Wildman–Crippen LogP) is -6.36. The first-order chi connectivity index (χ1) is 38.6. The van der Waals surface area contributed by atoms with Gasteiger partial charge < -0.3 is 108 Å². The lowest BCUT2D eigenvalue weighted by Gasteiger charge is -2.48. The van der Waals surface area contributed by atoms with Crippen LogP contribution < -0.4 is 48.3 Å². The highest BCUT2D eigenvalue weighted by atomic mass is 16.7. The number of carboxylic acid groups (broad SMARTS) is 1. The Morgan fingerprint density at radius 3 is 1.47 bits per heavy atom. The average molecular weight is 1190 g/mol. The first-order valence-corrected chi connectivity index (χ1v) is 27.8. The minimum atomic E-state index is -1.93. The van der Waals surface area contributed by atoms with Crippen molar-refractivity contribution in [3.8, 4) is 0 Å². The number of hydrogen-bond acceptors (Lipinski definition) is 21. The van der Waals surface area contributed by atoms with Gasteiger partial charge in [0, 0.05) is 13.5 Å². The number of nitrogens with two attached hydrogens (primary N) is 1. The third-order valence-corrected chi connectivity index (χ3v) is 14.6. The molecule has 83 heavy (non-hydrogen) atoms. The summed E-state index contributed by atoms with van der Waals surface area (Å²) in [6.45, 7) is 17.9. The molecule has 31 heteroatoms. The molecule has 3 aliphatic heterocycles. The van der Waals surface area contributed by atoms with Crippen LogP contribution in [0.5, 0.6) is 0 Å². The maximum Gasteiger partial charge on any atom is 0.325 e. The van der Waals surface area contributed by atoms with Gasteiger partial charge in [-0.15, -0.1) is 0 Å². The molecular weight excluding hydrogens is 1100 g/mol. The molecule has 474 valence electrons. The van der Waals surface area contributed by atoms with Crippen LogP contribution in [0.1, 0.15) is 103 Å². The van der Waals surface area contributed by atoms with Crippen molar-refractivity contribution in [2.45, 2.75) is 225 Å². The number of hydrogen-bond donors (Lipinski definition) is 16. The lowest BCUT2D eigenvalue weighted by Crippen LogP contribution is -2.68. The number of nitrogens with zero attached hydrogens (tertiary/aromatic N) is 1. The SMILES string of the molecule is CC(=O)NC1[C@@H](OC(C)[C@H](N)C(=O)NC(C(=O)N2CCCC2C(=O)NC(C)C(=O)N[C@@H](C)C(=O)NC(C(=O)N[C@H](C(=O)NC(C(=O)N[C@@H](C)C(=O)O)C(C)C)C(C)C)C(C)C)C(C)C)OC(CO)[C@H](O)[C@@H]1O[C@@H]1OC(CO)[C@H](O)C(O)[C@@H]1O. The summed E-state index contributed by atoms with van der Waals surface area (Å²) in [6.07, 6.45) is -16.1. The molecule has 31 nitrogen and oxygen atoms in total. The summed E-state index contributed by atoms with van der Waals surface area (Å²) in [4.78, 5) is 134. The Bertz CT molecular complexity index is 2260. The van der Waals surface area contributed by atoms with E-state index >= 15 is 0 Å².